The first-order valence-electron chi connectivity index (χ1n) is 6.31. The maximum absolute atomic E-state index is 5.64. The van der Waals surface area contributed by atoms with Crippen LogP contribution in [0.2, 0.25) is 0 Å². The third kappa shape index (κ3) is 2.73. The molecule has 96 valence electrons. The number of hydrogen-bond donors (Lipinski definition) is 0. The summed E-state index contributed by atoms with van der Waals surface area (Å²) in [5.41, 5.74) is 2.05. The van der Waals surface area contributed by atoms with E-state index in [0.29, 0.717) is 13.0 Å². The second-order valence-corrected chi connectivity index (χ2v) is 4.45. The van der Waals surface area contributed by atoms with Crippen LogP contribution in [0, 0.1) is 6.92 Å². The Balaban J connectivity index is 1.65. The van der Waals surface area contributed by atoms with Gasteiger partial charge in [0.1, 0.15) is 5.75 Å². The largest absolute Gasteiger partial charge is 0.493 e. The molecule has 1 aromatic carbocycles. The van der Waals surface area contributed by atoms with Crippen LogP contribution in [-0.2, 0) is 6.42 Å². The van der Waals surface area contributed by atoms with Crippen LogP contribution in [0.25, 0.3) is 5.65 Å². The van der Waals surface area contributed by atoms with Gasteiger partial charge < -0.3 is 4.74 Å². The molecule has 2 aromatic heterocycles. The first-order valence-corrected chi connectivity index (χ1v) is 6.31. The standard InChI is InChI=1S/C15H15N3O/c1-12-7-8-15-16-14(17-18(15)11-12)9-10-19-13-5-3-2-4-6-13/h2-8,11H,9-10H2,1H3. The molecule has 0 radical (unpaired) electrons. The number of ether oxygens (including phenoxy) is 1. The van der Waals surface area contributed by atoms with E-state index in [0.717, 1.165) is 17.2 Å². The van der Waals surface area contributed by atoms with Crippen molar-refractivity contribution in [3.63, 3.8) is 0 Å². The summed E-state index contributed by atoms with van der Waals surface area (Å²) in [5, 5.41) is 4.43. The average Bonchev–Trinajstić information content (AvgIpc) is 2.82. The van der Waals surface area contributed by atoms with Gasteiger partial charge in [-0.1, -0.05) is 24.3 Å². The molecule has 0 aliphatic carbocycles. The predicted octanol–water partition coefficient (Wildman–Crippen LogP) is 2.66. The topological polar surface area (TPSA) is 39.4 Å². The molecule has 2 heterocycles. The number of para-hydroxylation sites is 1. The van der Waals surface area contributed by atoms with E-state index in [9.17, 15) is 0 Å². The molecule has 0 spiro atoms. The molecule has 3 rings (SSSR count). The molecule has 0 saturated heterocycles. The van der Waals surface area contributed by atoms with Crippen molar-refractivity contribution in [3.05, 3.63) is 60.0 Å². The minimum Gasteiger partial charge on any atom is -0.493 e. The van der Waals surface area contributed by atoms with Crippen LogP contribution in [0.15, 0.2) is 48.7 Å². The van der Waals surface area contributed by atoms with Gasteiger partial charge in [0.15, 0.2) is 11.5 Å². The first-order chi connectivity index (χ1) is 9.31. The van der Waals surface area contributed by atoms with E-state index in [4.69, 9.17) is 4.74 Å². The Morgan fingerprint density at radius 3 is 2.79 bits per heavy atom. The highest BCUT2D eigenvalue weighted by atomic mass is 16.5. The second kappa shape index (κ2) is 5.10. The third-order valence-electron chi connectivity index (χ3n) is 2.86. The van der Waals surface area contributed by atoms with Gasteiger partial charge in [0.2, 0.25) is 0 Å². The molecule has 4 heteroatoms. The normalized spacial score (nSPS) is 10.8. The maximum Gasteiger partial charge on any atom is 0.155 e. The zero-order valence-corrected chi connectivity index (χ0v) is 10.8. The van der Waals surface area contributed by atoms with Crippen molar-refractivity contribution in [3.8, 4) is 5.75 Å². The van der Waals surface area contributed by atoms with Crippen LogP contribution < -0.4 is 4.74 Å². The Hall–Kier alpha value is -2.36. The molecule has 0 aliphatic heterocycles. The summed E-state index contributed by atoms with van der Waals surface area (Å²) in [6.45, 7) is 2.62. The molecule has 0 amide bonds. The van der Waals surface area contributed by atoms with Gasteiger partial charge in [0.25, 0.3) is 0 Å². The smallest absolute Gasteiger partial charge is 0.155 e. The summed E-state index contributed by atoms with van der Waals surface area (Å²) in [6, 6.07) is 13.8. The molecule has 0 N–H and O–H groups in total. The van der Waals surface area contributed by atoms with Gasteiger partial charge in [-0.2, -0.15) is 5.10 Å². The van der Waals surface area contributed by atoms with Gasteiger partial charge >= 0.3 is 0 Å². The van der Waals surface area contributed by atoms with E-state index >= 15 is 0 Å². The Morgan fingerprint density at radius 2 is 1.95 bits per heavy atom. The van der Waals surface area contributed by atoms with E-state index in [1.807, 2.05) is 60.1 Å². The van der Waals surface area contributed by atoms with Crippen LogP contribution in [0.1, 0.15) is 11.4 Å². The summed E-state index contributed by atoms with van der Waals surface area (Å²) in [5.74, 6) is 1.68. The lowest BCUT2D eigenvalue weighted by Crippen LogP contribution is -2.02. The minimum atomic E-state index is 0.583. The Labute approximate surface area is 111 Å². The minimum absolute atomic E-state index is 0.583. The number of fused-ring (bicyclic) bond motifs is 1. The number of nitrogens with zero attached hydrogens (tertiary/aromatic N) is 3. The number of aromatic nitrogens is 3. The maximum atomic E-state index is 5.64. The van der Waals surface area contributed by atoms with Crippen LogP contribution in [-0.4, -0.2) is 21.2 Å². The summed E-state index contributed by atoms with van der Waals surface area (Å²) < 4.78 is 7.45. The quantitative estimate of drug-likeness (QED) is 0.717. The number of pyridine rings is 1. The van der Waals surface area contributed by atoms with Crippen LogP contribution >= 0.6 is 0 Å². The van der Waals surface area contributed by atoms with Gasteiger partial charge in [-0.05, 0) is 30.7 Å². The number of rotatable bonds is 4. The molecule has 0 aliphatic rings. The fourth-order valence-corrected chi connectivity index (χ4v) is 1.91. The number of benzene rings is 1. The SMILES string of the molecule is Cc1ccc2nc(CCOc3ccccc3)nn2c1. The molecule has 19 heavy (non-hydrogen) atoms. The lowest BCUT2D eigenvalue weighted by molar-refractivity contribution is 0.319. The van der Waals surface area contributed by atoms with Crippen molar-refractivity contribution in [1.82, 2.24) is 14.6 Å². The van der Waals surface area contributed by atoms with Gasteiger partial charge in [0.05, 0.1) is 6.61 Å². The average molecular weight is 253 g/mol. The highest BCUT2D eigenvalue weighted by molar-refractivity contribution is 5.38. The molecule has 4 nitrogen and oxygen atoms in total. The molecule has 0 saturated carbocycles. The third-order valence-corrected chi connectivity index (χ3v) is 2.86. The highest BCUT2D eigenvalue weighted by Crippen LogP contribution is 2.09. The molecule has 0 atom stereocenters. The van der Waals surface area contributed by atoms with E-state index < -0.39 is 0 Å². The monoisotopic (exact) mass is 253 g/mol. The Morgan fingerprint density at radius 1 is 1.11 bits per heavy atom. The van der Waals surface area contributed by atoms with Gasteiger partial charge in [-0.15, -0.1) is 0 Å². The molecule has 3 aromatic rings. The van der Waals surface area contributed by atoms with E-state index in [1.54, 1.807) is 0 Å². The second-order valence-electron chi connectivity index (χ2n) is 4.45. The summed E-state index contributed by atoms with van der Waals surface area (Å²) in [6.07, 6.45) is 2.68. The van der Waals surface area contributed by atoms with Crippen LogP contribution in [0.4, 0.5) is 0 Å². The van der Waals surface area contributed by atoms with Crippen LogP contribution in [0.5, 0.6) is 5.75 Å². The van der Waals surface area contributed by atoms with E-state index in [1.165, 1.54) is 5.56 Å². The van der Waals surface area contributed by atoms with E-state index in [-0.39, 0.29) is 0 Å². The molecular weight excluding hydrogens is 238 g/mol. The number of hydrogen-bond acceptors (Lipinski definition) is 3. The van der Waals surface area contributed by atoms with Crippen molar-refractivity contribution in [2.45, 2.75) is 13.3 Å². The fraction of sp³-hybridized carbons (Fsp3) is 0.200. The first kappa shape index (κ1) is 11.7. The van der Waals surface area contributed by atoms with Gasteiger partial charge in [0, 0.05) is 12.6 Å². The molecular formula is C15H15N3O. The van der Waals surface area contributed by atoms with Gasteiger partial charge in [-0.25, -0.2) is 9.50 Å². The summed E-state index contributed by atoms with van der Waals surface area (Å²) in [4.78, 5) is 4.46. The van der Waals surface area contributed by atoms with Crippen LogP contribution in [0.3, 0.4) is 0 Å². The van der Waals surface area contributed by atoms with E-state index in [2.05, 4.69) is 10.1 Å². The summed E-state index contributed by atoms with van der Waals surface area (Å²) in [7, 11) is 0. The summed E-state index contributed by atoms with van der Waals surface area (Å²) >= 11 is 0. The zero-order chi connectivity index (χ0) is 13.1. The van der Waals surface area contributed by atoms with Crippen molar-refractivity contribution < 1.29 is 4.74 Å². The molecule has 0 bridgehead atoms. The molecule has 0 fully saturated rings. The van der Waals surface area contributed by atoms with Gasteiger partial charge in [-0.3, -0.25) is 0 Å². The zero-order valence-electron chi connectivity index (χ0n) is 10.8. The van der Waals surface area contributed by atoms with Crippen molar-refractivity contribution in [2.75, 3.05) is 6.61 Å². The highest BCUT2D eigenvalue weighted by Gasteiger charge is 2.03. The van der Waals surface area contributed by atoms with Crippen molar-refractivity contribution in [1.29, 1.82) is 0 Å². The predicted molar refractivity (Wildman–Crippen MR) is 73.4 cm³/mol. The lowest BCUT2D eigenvalue weighted by atomic mass is 10.3. The van der Waals surface area contributed by atoms with Crippen molar-refractivity contribution >= 4 is 5.65 Å². The Bertz CT molecular complexity index is 676. The molecule has 0 unspecified atom stereocenters. The fourth-order valence-electron chi connectivity index (χ4n) is 1.91. The number of aryl methyl sites for hydroxylation is 1. The Kier molecular flexibility index (Phi) is 3.14. The van der Waals surface area contributed by atoms with Crippen molar-refractivity contribution in [2.24, 2.45) is 0 Å². The lowest BCUT2D eigenvalue weighted by Gasteiger charge is -2.03.